The van der Waals surface area contributed by atoms with Gasteiger partial charge >= 0.3 is 0 Å². The van der Waals surface area contributed by atoms with Crippen LogP contribution in [-0.4, -0.2) is 18.4 Å². The Balaban J connectivity index is 1.82. The summed E-state index contributed by atoms with van der Waals surface area (Å²) in [5.74, 6) is 1.67. The third-order valence-corrected chi connectivity index (χ3v) is 5.37. The number of primary sulfonamides is 1. The first-order valence-electron chi connectivity index (χ1n) is 8.07. The van der Waals surface area contributed by atoms with Crippen LogP contribution in [0.5, 0.6) is 0 Å². The number of nitrogens with two attached hydrogens (primary N) is 1. The van der Waals surface area contributed by atoms with Gasteiger partial charge in [0.05, 0.1) is 4.90 Å². The lowest BCUT2D eigenvalue weighted by Gasteiger charge is -2.19. The number of hydrogen-bond donors (Lipinski definition) is 2. The molecule has 0 amide bonds. The standard InChI is InChI=1S/C17H22N4O2S/c1-11-9-13(7-8-16(11)24(18,22)23)10-19-17-14-5-3-4-6-15(14)20-12(2)21-17/h7-9H,3-6,10H2,1-2H3,(H2,18,22,23)(H,19,20,21). The van der Waals surface area contributed by atoms with Crippen LogP contribution in [0, 0.1) is 13.8 Å². The summed E-state index contributed by atoms with van der Waals surface area (Å²) in [5.41, 5.74) is 4.00. The van der Waals surface area contributed by atoms with Crippen molar-refractivity contribution in [1.29, 1.82) is 0 Å². The molecule has 6 nitrogen and oxygen atoms in total. The minimum atomic E-state index is -3.68. The van der Waals surface area contributed by atoms with E-state index < -0.39 is 10.0 Å². The monoisotopic (exact) mass is 346 g/mol. The van der Waals surface area contributed by atoms with Crippen molar-refractivity contribution >= 4 is 15.8 Å². The van der Waals surface area contributed by atoms with Gasteiger partial charge in [-0.3, -0.25) is 0 Å². The van der Waals surface area contributed by atoms with Gasteiger partial charge in [-0.25, -0.2) is 23.5 Å². The van der Waals surface area contributed by atoms with Gasteiger partial charge in [-0.2, -0.15) is 0 Å². The zero-order chi connectivity index (χ0) is 17.3. The van der Waals surface area contributed by atoms with E-state index in [0.717, 1.165) is 42.2 Å². The molecule has 1 aromatic carbocycles. The number of benzene rings is 1. The quantitative estimate of drug-likeness (QED) is 0.884. The summed E-state index contributed by atoms with van der Waals surface area (Å²) in [6, 6.07) is 5.18. The van der Waals surface area contributed by atoms with E-state index >= 15 is 0 Å². The molecule has 0 fully saturated rings. The van der Waals surface area contributed by atoms with E-state index in [2.05, 4.69) is 15.3 Å². The fourth-order valence-corrected chi connectivity index (χ4v) is 3.96. The van der Waals surface area contributed by atoms with Gasteiger partial charge < -0.3 is 5.32 Å². The lowest BCUT2D eigenvalue weighted by Crippen LogP contribution is -2.15. The Morgan fingerprint density at radius 3 is 2.62 bits per heavy atom. The van der Waals surface area contributed by atoms with Crippen LogP contribution in [0.1, 0.15) is 41.1 Å². The second-order valence-electron chi connectivity index (χ2n) is 6.25. The number of anilines is 1. The predicted molar refractivity (Wildman–Crippen MR) is 93.3 cm³/mol. The van der Waals surface area contributed by atoms with Crippen LogP contribution >= 0.6 is 0 Å². The van der Waals surface area contributed by atoms with Crippen molar-refractivity contribution in [2.24, 2.45) is 5.14 Å². The number of fused-ring (bicyclic) bond motifs is 1. The number of aromatic nitrogens is 2. The van der Waals surface area contributed by atoms with Crippen LogP contribution in [0.15, 0.2) is 23.1 Å². The number of hydrogen-bond acceptors (Lipinski definition) is 5. The molecule has 0 spiro atoms. The van der Waals surface area contributed by atoms with Crippen molar-refractivity contribution < 1.29 is 8.42 Å². The molecule has 0 aliphatic heterocycles. The first-order valence-corrected chi connectivity index (χ1v) is 9.62. The lowest BCUT2D eigenvalue weighted by molar-refractivity contribution is 0.597. The number of nitrogens with one attached hydrogen (secondary N) is 1. The second kappa shape index (κ2) is 6.49. The smallest absolute Gasteiger partial charge is 0.238 e. The number of rotatable bonds is 4. The fourth-order valence-electron chi connectivity index (χ4n) is 3.19. The van der Waals surface area contributed by atoms with Crippen molar-refractivity contribution in [1.82, 2.24) is 9.97 Å². The zero-order valence-electron chi connectivity index (χ0n) is 14.0. The Hall–Kier alpha value is -1.99. The van der Waals surface area contributed by atoms with Crippen LogP contribution in [0.25, 0.3) is 0 Å². The Kier molecular flexibility index (Phi) is 4.56. The summed E-state index contributed by atoms with van der Waals surface area (Å²) in [5, 5.41) is 8.59. The lowest BCUT2D eigenvalue weighted by atomic mass is 9.96. The minimum Gasteiger partial charge on any atom is -0.366 e. The molecule has 24 heavy (non-hydrogen) atoms. The highest BCUT2D eigenvalue weighted by molar-refractivity contribution is 7.89. The molecule has 1 heterocycles. The Morgan fingerprint density at radius 2 is 1.92 bits per heavy atom. The molecular weight excluding hydrogens is 324 g/mol. The van der Waals surface area contributed by atoms with Gasteiger partial charge in [0.15, 0.2) is 0 Å². The molecule has 128 valence electrons. The summed E-state index contributed by atoms with van der Waals surface area (Å²) in [4.78, 5) is 9.26. The third-order valence-electron chi connectivity index (χ3n) is 4.30. The summed E-state index contributed by atoms with van der Waals surface area (Å²) in [6.07, 6.45) is 4.35. The van der Waals surface area contributed by atoms with E-state index in [-0.39, 0.29) is 4.90 Å². The number of aryl methyl sites for hydroxylation is 3. The van der Waals surface area contributed by atoms with Crippen molar-refractivity contribution in [3.63, 3.8) is 0 Å². The summed E-state index contributed by atoms with van der Waals surface area (Å²) in [6.45, 7) is 4.24. The molecule has 0 radical (unpaired) electrons. The van der Waals surface area contributed by atoms with Crippen LogP contribution in [0.2, 0.25) is 0 Å². The van der Waals surface area contributed by atoms with E-state index in [1.54, 1.807) is 19.1 Å². The highest BCUT2D eigenvalue weighted by Gasteiger charge is 2.17. The van der Waals surface area contributed by atoms with E-state index in [4.69, 9.17) is 5.14 Å². The molecule has 1 aliphatic rings. The molecule has 3 N–H and O–H groups in total. The second-order valence-corrected chi connectivity index (χ2v) is 7.78. The maximum atomic E-state index is 11.5. The number of nitrogens with zero attached hydrogens (tertiary/aromatic N) is 2. The molecular formula is C17H22N4O2S. The number of sulfonamides is 1. The molecule has 7 heteroatoms. The van der Waals surface area contributed by atoms with E-state index in [9.17, 15) is 8.42 Å². The average molecular weight is 346 g/mol. The molecule has 1 aromatic heterocycles. The average Bonchev–Trinajstić information content (AvgIpc) is 2.51. The summed E-state index contributed by atoms with van der Waals surface area (Å²) < 4.78 is 23.0. The largest absolute Gasteiger partial charge is 0.366 e. The maximum absolute atomic E-state index is 11.5. The Labute approximate surface area is 142 Å². The van der Waals surface area contributed by atoms with Crippen molar-refractivity contribution in [2.45, 2.75) is 51.0 Å². The van der Waals surface area contributed by atoms with Gasteiger partial charge in [0.1, 0.15) is 11.6 Å². The molecule has 3 rings (SSSR count). The van der Waals surface area contributed by atoms with Gasteiger partial charge in [0.2, 0.25) is 10.0 Å². The maximum Gasteiger partial charge on any atom is 0.238 e. The summed E-state index contributed by atoms with van der Waals surface area (Å²) in [7, 11) is -3.68. The van der Waals surface area contributed by atoms with Crippen molar-refractivity contribution in [3.8, 4) is 0 Å². The molecule has 0 unspecified atom stereocenters. The van der Waals surface area contributed by atoms with Gasteiger partial charge in [-0.1, -0.05) is 12.1 Å². The third kappa shape index (κ3) is 3.57. The van der Waals surface area contributed by atoms with Crippen LogP contribution in [0.4, 0.5) is 5.82 Å². The molecule has 1 aliphatic carbocycles. The first-order chi connectivity index (χ1) is 11.3. The van der Waals surface area contributed by atoms with Crippen LogP contribution < -0.4 is 10.5 Å². The van der Waals surface area contributed by atoms with Gasteiger partial charge in [-0.05, 0) is 56.7 Å². The SMILES string of the molecule is Cc1nc2c(c(NCc3ccc(S(N)(=O)=O)c(C)c3)n1)CCCC2. The highest BCUT2D eigenvalue weighted by atomic mass is 32.2. The van der Waals surface area contributed by atoms with Crippen molar-refractivity contribution in [3.05, 3.63) is 46.4 Å². The Bertz CT molecular complexity index is 878. The predicted octanol–water partition coefficient (Wildman–Crippen LogP) is 2.23. The van der Waals surface area contributed by atoms with E-state index in [0.29, 0.717) is 12.1 Å². The molecule has 0 saturated heterocycles. The minimum absolute atomic E-state index is 0.168. The van der Waals surface area contributed by atoms with Gasteiger partial charge in [0.25, 0.3) is 0 Å². The molecule has 0 bridgehead atoms. The van der Waals surface area contributed by atoms with Crippen molar-refractivity contribution in [2.75, 3.05) is 5.32 Å². The Morgan fingerprint density at radius 1 is 1.17 bits per heavy atom. The normalized spacial score (nSPS) is 14.3. The van der Waals surface area contributed by atoms with E-state index in [1.807, 2.05) is 13.0 Å². The first kappa shape index (κ1) is 16.9. The molecule has 2 aromatic rings. The highest BCUT2D eigenvalue weighted by Crippen LogP contribution is 2.26. The molecule has 0 saturated carbocycles. The van der Waals surface area contributed by atoms with Gasteiger partial charge in [0, 0.05) is 17.8 Å². The van der Waals surface area contributed by atoms with E-state index in [1.165, 1.54) is 12.0 Å². The summed E-state index contributed by atoms with van der Waals surface area (Å²) >= 11 is 0. The van der Waals surface area contributed by atoms with Crippen LogP contribution in [-0.2, 0) is 29.4 Å². The molecule has 0 atom stereocenters. The van der Waals surface area contributed by atoms with Crippen LogP contribution in [0.3, 0.4) is 0 Å². The topological polar surface area (TPSA) is 98.0 Å². The van der Waals surface area contributed by atoms with Gasteiger partial charge in [-0.15, -0.1) is 0 Å². The fraction of sp³-hybridized carbons (Fsp3) is 0.412. The zero-order valence-corrected chi connectivity index (χ0v) is 14.8.